The van der Waals surface area contributed by atoms with Crippen LogP contribution in [-0.2, 0) is 6.54 Å². The van der Waals surface area contributed by atoms with Crippen molar-refractivity contribution in [3.63, 3.8) is 0 Å². The van der Waals surface area contributed by atoms with Crippen molar-refractivity contribution in [3.05, 3.63) is 59.8 Å². The first-order valence-electron chi connectivity index (χ1n) is 7.97. The van der Waals surface area contributed by atoms with Gasteiger partial charge in [0.25, 0.3) is 5.91 Å². The summed E-state index contributed by atoms with van der Waals surface area (Å²) in [7, 11) is 0. The van der Waals surface area contributed by atoms with Gasteiger partial charge in [0.15, 0.2) is 0 Å². The Bertz CT molecular complexity index is 687. The lowest BCUT2D eigenvalue weighted by molar-refractivity contribution is 0.0772. The van der Waals surface area contributed by atoms with E-state index in [0.29, 0.717) is 17.4 Å². The normalized spacial score (nSPS) is 24.1. The van der Waals surface area contributed by atoms with Crippen molar-refractivity contribution >= 4 is 5.91 Å². The summed E-state index contributed by atoms with van der Waals surface area (Å²) in [6.45, 7) is 4.32. The second kappa shape index (κ2) is 5.81. The maximum Gasteiger partial charge on any atom is 0.257 e. The van der Waals surface area contributed by atoms with Crippen LogP contribution >= 0.6 is 0 Å². The van der Waals surface area contributed by atoms with Gasteiger partial charge in [-0.2, -0.15) is 0 Å². The van der Waals surface area contributed by atoms with E-state index in [4.69, 9.17) is 4.42 Å². The molecule has 1 aromatic heterocycles. The molecular formula is C18H19FN2O2. The Balaban J connectivity index is 1.36. The third kappa shape index (κ3) is 2.88. The number of likely N-dealkylation sites (tertiary alicyclic amines) is 2. The van der Waals surface area contributed by atoms with Crippen molar-refractivity contribution in [2.45, 2.75) is 6.54 Å². The van der Waals surface area contributed by atoms with Crippen molar-refractivity contribution in [2.75, 3.05) is 26.2 Å². The second-order valence-electron chi connectivity index (χ2n) is 6.57. The maximum atomic E-state index is 13.3. The molecule has 4 nitrogen and oxygen atoms in total. The fraction of sp³-hybridized carbons (Fsp3) is 0.389. The smallest absolute Gasteiger partial charge is 0.257 e. The van der Waals surface area contributed by atoms with E-state index in [1.165, 1.54) is 18.6 Å². The van der Waals surface area contributed by atoms with Crippen LogP contribution in [0, 0.1) is 17.7 Å². The van der Waals surface area contributed by atoms with Gasteiger partial charge in [-0.05, 0) is 35.6 Å². The summed E-state index contributed by atoms with van der Waals surface area (Å²) in [6, 6.07) is 8.51. The number of halogens is 1. The summed E-state index contributed by atoms with van der Waals surface area (Å²) in [6.07, 6.45) is 3.04. The van der Waals surface area contributed by atoms with E-state index >= 15 is 0 Å². The predicted molar refractivity (Wildman–Crippen MR) is 83.3 cm³/mol. The molecule has 0 aliphatic carbocycles. The highest BCUT2D eigenvalue weighted by Crippen LogP contribution is 2.32. The number of fused-ring (bicyclic) bond motifs is 1. The van der Waals surface area contributed by atoms with Gasteiger partial charge in [0.05, 0.1) is 11.8 Å². The molecule has 1 amide bonds. The molecule has 0 spiro atoms. The van der Waals surface area contributed by atoms with Crippen LogP contribution in [0.15, 0.2) is 47.3 Å². The number of benzene rings is 1. The average Bonchev–Trinajstić information content (AvgIpc) is 3.22. The lowest BCUT2D eigenvalue weighted by Gasteiger charge is -2.21. The highest BCUT2D eigenvalue weighted by Gasteiger charge is 2.41. The van der Waals surface area contributed by atoms with Gasteiger partial charge in [-0.1, -0.05) is 12.1 Å². The molecule has 1 aromatic carbocycles. The third-order valence-electron chi connectivity index (χ3n) is 4.91. The van der Waals surface area contributed by atoms with Crippen LogP contribution < -0.4 is 0 Å². The minimum Gasteiger partial charge on any atom is -0.472 e. The molecule has 120 valence electrons. The number of rotatable bonds is 3. The van der Waals surface area contributed by atoms with Crippen LogP contribution in [0.4, 0.5) is 4.39 Å². The molecule has 2 aliphatic heterocycles. The van der Waals surface area contributed by atoms with Crippen LogP contribution in [-0.4, -0.2) is 41.9 Å². The summed E-state index contributed by atoms with van der Waals surface area (Å²) in [4.78, 5) is 16.7. The van der Waals surface area contributed by atoms with E-state index in [-0.39, 0.29) is 11.7 Å². The molecule has 3 heterocycles. The molecule has 0 bridgehead atoms. The van der Waals surface area contributed by atoms with Crippen LogP contribution in [0.1, 0.15) is 15.9 Å². The number of carbonyl (C=O) groups excluding carboxylic acids is 1. The molecular weight excluding hydrogens is 295 g/mol. The number of nitrogens with zero attached hydrogens (tertiary/aromatic N) is 2. The predicted octanol–water partition coefficient (Wildman–Crippen LogP) is 2.62. The Morgan fingerprint density at radius 3 is 2.61 bits per heavy atom. The van der Waals surface area contributed by atoms with E-state index in [1.54, 1.807) is 18.2 Å². The Morgan fingerprint density at radius 2 is 1.96 bits per heavy atom. The average molecular weight is 314 g/mol. The number of hydrogen-bond acceptors (Lipinski definition) is 3. The molecule has 0 saturated carbocycles. The van der Waals surface area contributed by atoms with E-state index < -0.39 is 0 Å². The zero-order chi connectivity index (χ0) is 15.8. The van der Waals surface area contributed by atoms with Crippen LogP contribution in [0.25, 0.3) is 0 Å². The first kappa shape index (κ1) is 14.5. The van der Waals surface area contributed by atoms with Gasteiger partial charge >= 0.3 is 0 Å². The Labute approximate surface area is 134 Å². The van der Waals surface area contributed by atoms with Gasteiger partial charge < -0.3 is 9.32 Å². The lowest BCUT2D eigenvalue weighted by Crippen LogP contribution is -2.32. The number of furan rings is 1. The molecule has 2 fully saturated rings. The number of amides is 1. The summed E-state index contributed by atoms with van der Waals surface area (Å²) >= 11 is 0. The van der Waals surface area contributed by atoms with E-state index in [1.807, 2.05) is 11.0 Å². The summed E-state index contributed by atoms with van der Waals surface area (Å²) in [5, 5.41) is 0. The van der Waals surface area contributed by atoms with Crippen LogP contribution in [0.5, 0.6) is 0 Å². The van der Waals surface area contributed by atoms with Crippen molar-refractivity contribution in [2.24, 2.45) is 11.8 Å². The van der Waals surface area contributed by atoms with Crippen molar-refractivity contribution in [3.8, 4) is 0 Å². The molecule has 2 aliphatic rings. The van der Waals surface area contributed by atoms with Crippen LogP contribution in [0.3, 0.4) is 0 Å². The summed E-state index contributed by atoms with van der Waals surface area (Å²) < 4.78 is 18.3. The Morgan fingerprint density at radius 1 is 1.17 bits per heavy atom. The SMILES string of the molecule is O=C(c1ccoc1)N1C[C@H]2CN(Cc3cccc(F)c3)C[C@@H]2C1. The molecule has 4 rings (SSSR count). The van der Waals surface area contributed by atoms with Gasteiger partial charge in [-0.15, -0.1) is 0 Å². The second-order valence-corrected chi connectivity index (χ2v) is 6.57. The van der Waals surface area contributed by atoms with Crippen molar-refractivity contribution < 1.29 is 13.6 Å². The molecule has 5 heteroatoms. The van der Waals surface area contributed by atoms with Gasteiger partial charge in [0, 0.05) is 32.7 Å². The first-order chi connectivity index (χ1) is 11.2. The van der Waals surface area contributed by atoms with Gasteiger partial charge in [-0.25, -0.2) is 4.39 Å². The van der Waals surface area contributed by atoms with Gasteiger partial charge in [0.2, 0.25) is 0 Å². The molecule has 0 N–H and O–H groups in total. The topological polar surface area (TPSA) is 36.7 Å². The highest BCUT2D eigenvalue weighted by atomic mass is 19.1. The third-order valence-corrected chi connectivity index (χ3v) is 4.91. The van der Waals surface area contributed by atoms with E-state index in [0.717, 1.165) is 38.3 Å². The van der Waals surface area contributed by atoms with Gasteiger partial charge in [0.1, 0.15) is 12.1 Å². The number of carbonyl (C=O) groups is 1. The van der Waals surface area contributed by atoms with Crippen molar-refractivity contribution in [1.82, 2.24) is 9.80 Å². The van der Waals surface area contributed by atoms with E-state index in [2.05, 4.69) is 4.90 Å². The monoisotopic (exact) mass is 314 g/mol. The molecule has 0 unspecified atom stereocenters. The fourth-order valence-corrected chi connectivity index (χ4v) is 3.85. The largest absolute Gasteiger partial charge is 0.472 e. The fourth-order valence-electron chi connectivity index (χ4n) is 3.85. The molecule has 2 aromatic rings. The highest BCUT2D eigenvalue weighted by molar-refractivity contribution is 5.94. The first-order valence-corrected chi connectivity index (χ1v) is 7.97. The van der Waals surface area contributed by atoms with E-state index in [9.17, 15) is 9.18 Å². The summed E-state index contributed by atoms with van der Waals surface area (Å²) in [5.41, 5.74) is 1.64. The number of hydrogen-bond donors (Lipinski definition) is 0. The van der Waals surface area contributed by atoms with Gasteiger partial charge in [-0.3, -0.25) is 9.69 Å². The standard InChI is InChI=1S/C18H19FN2O2/c19-17-3-1-2-13(6-17)7-20-8-15-10-21(11-16(15)9-20)18(22)14-4-5-23-12-14/h1-6,12,15-16H,7-11H2/t15-,16-/m1/s1. The zero-order valence-electron chi connectivity index (χ0n) is 12.8. The van der Waals surface area contributed by atoms with Crippen molar-refractivity contribution in [1.29, 1.82) is 0 Å². The summed E-state index contributed by atoms with van der Waals surface area (Å²) in [5.74, 6) is 0.905. The minimum atomic E-state index is -0.182. The quantitative estimate of drug-likeness (QED) is 0.874. The maximum absolute atomic E-state index is 13.3. The Hall–Kier alpha value is -2.14. The molecule has 0 radical (unpaired) electrons. The minimum absolute atomic E-state index is 0.0600. The lowest BCUT2D eigenvalue weighted by atomic mass is 10.0. The molecule has 23 heavy (non-hydrogen) atoms. The zero-order valence-corrected chi connectivity index (χ0v) is 12.8. The van der Waals surface area contributed by atoms with Crippen LogP contribution in [0.2, 0.25) is 0 Å². The Kier molecular flexibility index (Phi) is 3.65. The molecule has 2 saturated heterocycles. The molecule has 2 atom stereocenters.